The number of amides is 4. The Hall–Kier alpha value is -4.73. The van der Waals surface area contributed by atoms with E-state index in [1.54, 1.807) is 48.5 Å². The first kappa shape index (κ1) is 39.1. The molecule has 1 aliphatic rings. The van der Waals surface area contributed by atoms with Gasteiger partial charge in [0.25, 0.3) is 11.8 Å². The van der Waals surface area contributed by atoms with Gasteiger partial charge in [-0.05, 0) is 60.6 Å². The Labute approximate surface area is 304 Å². The molecule has 1 saturated carbocycles. The van der Waals surface area contributed by atoms with Crippen molar-refractivity contribution in [2.75, 3.05) is 41.6 Å². The standard InChI is InChI=1S/C20H25N3O4S.C16H18FN3O2S/c1-26-9-10-27-17-13-15(19(25)23-20-21-8-11-28-20)6-7-16(17)22-18(24)12-14-4-2-3-5-14;1-16(2,3)9-13(21)19-10-4-5-11(12(17)8-10)14(22)20-15-18-6-7-23-15/h6-8,11,13-14H,2-5,9-10,12H2,1H3,(H,22,24)(H,21,23,25);4-8H,9H2,1-3H3,(H,19,21)(H,18,20,22). The number of aromatic nitrogens is 2. The van der Waals surface area contributed by atoms with E-state index in [0.717, 1.165) is 18.9 Å². The van der Waals surface area contributed by atoms with Crippen LogP contribution < -0.4 is 26.0 Å². The monoisotopic (exact) mass is 738 g/mol. The zero-order chi connectivity index (χ0) is 36.8. The van der Waals surface area contributed by atoms with Crippen molar-refractivity contribution < 1.29 is 33.0 Å². The van der Waals surface area contributed by atoms with Crippen LogP contribution in [0, 0.1) is 17.2 Å². The second-order valence-corrected chi connectivity index (χ2v) is 14.8. The zero-order valence-electron chi connectivity index (χ0n) is 29.0. The fraction of sp³-hybridized carbons (Fsp3) is 0.389. The number of ether oxygens (including phenoxy) is 2. The van der Waals surface area contributed by atoms with Crippen molar-refractivity contribution in [3.8, 4) is 5.75 Å². The van der Waals surface area contributed by atoms with E-state index in [0.29, 0.717) is 64.9 Å². The summed E-state index contributed by atoms with van der Waals surface area (Å²) in [6.45, 7) is 6.56. The molecular formula is C36H43FN6O6S2. The first-order valence-corrected chi connectivity index (χ1v) is 18.2. The molecule has 1 fully saturated rings. The van der Waals surface area contributed by atoms with E-state index in [1.807, 2.05) is 20.8 Å². The summed E-state index contributed by atoms with van der Waals surface area (Å²) in [5, 5.41) is 15.2. The topological polar surface area (TPSA) is 161 Å². The molecular weight excluding hydrogens is 696 g/mol. The summed E-state index contributed by atoms with van der Waals surface area (Å²) < 4.78 is 24.9. The molecule has 2 aromatic heterocycles. The molecule has 0 aliphatic heterocycles. The number of nitrogens with zero attached hydrogens (tertiary/aromatic N) is 2. The average molecular weight is 739 g/mol. The minimum atomic E-state index is -0.701. The lowest BCUT2D eigenvalue weighted by Crippen LogP contribution is -2.20. The molecule has 15 heteroatoms. The molecule has 0 radical (unpaired) electrons. The molecule has 0 saturated heterocycles. The average Bonchev–Trinajstić information content (AvgIpc) is 3.87. The van der Waals surface area contributed by atoms with Gasteiger partial charge in [-0.3, -0.25) is 29.8 Å². The molecule has 272 valence electrons. The van der Waals surface area contributed by atoms with Gasteiger partial charge in [0.15, 0.2) is 10.3 Å². The van der Waals surface area contributed by atoms with Crippen molar-refractivity contribution in [2.24, 2.45) is 11.3 Å². The molecule has 4 amide bonds. The van der Waals surface area contributed by atoms with Gasteiger partial charge in [-0.1, -0.05) is 33.6 Å². The Bertz CT molecular complexity index is 1760. The van der Waals surface area contributed by atoms with Crippen LogP contribution in [0.5, 0.6) is 5.75 Å². The smallest absolute Gasteiger partial charge is 0.260 e. The first-order valence-electron chi connectivity index (χ1n) is 16.5. The van der Waals surface area contributed by atoms with E-state index in [2.05, 4.69) is 31.2 Å². The Morgan fingerprint density at radius 1 is 0.843 bits per heavy atom. The normalized spacial score (nSPS) is 12.7. The minimum absolute atomic E-state index is 0.0246. The maximum Gasteiger partial charge on any atom is 0.260 e. The highest BCUT2D eigenvalue weighted by Crippen LogP contribution is 2.30. The van der Waals surface area contributed by atoms with Gasteiger partial charge in [-0.2, -0.15) is 0 Å². The Kier molecular flexibility index (Phi) is 14.6. The SMILES string of the molecule is CC(C)(C)CC(=O)Nc1ccc(C(=O)Nc2nccs2)c(F)c1.COCCOc1cc(C(=O)Nc2nccs2)ccc1NC(=O)CC1CCCC1. The van der Waals surface area contributed by atoms with Crippen LogP contribution in [0.25, 0.3) is 0 Å². The predicted octanol–water partition coefficient (Wildman–Crippen LogP) is 7.85. The van der Waals surface area contributed by atoms with E-state index in [9.17, 15) is 23.6 Å². The fourth-order valence-electron chi connectivity index (χ4n) is 5.17. The van der Waals surface area contributed by atoms with Gasteiger partial charge < -0.3 is 20.1 Å². The second kappa shape index (κ2) is 19.0. The fourth-order valence-corrected chi connectivity index (χ4v) is 6.21. The van der Waals surface area contributed by atoms with Crippen LogP contribution >= 0.6 is 22.7 Å². The predicted molar refractivity (Wildman–Crippen MR) is 198 cm³/mol. The molecule has 51 heavy (non-hydrogen) atoms. The first-order chi connectivity index (χ1) is 24.4. The Balaban J connectivity index is 0.000000233. The number of benzene rings is 2. The number of rotatable bonds is 13. The molecule has 12 nitrogen and oxygen atoms in total. The summed E-state index contributed by atoms with van der Waals surface area (Å²) in [4.78, 5) is 56.6. The van der Waals surface area contributed by atoms with Crippen molar-refractivity contribution in [3.63, 3.8) is 0 Å². The molecule has 4 aromatic rings. The molecule has 2 aromatic carbocycles. The van der Waals surface area contributed by atoms with E-state index in [1.165, 1.54) is 47.6 Å². The highest BCUT2D eigenvalue weighted by Gasteiger charge is 2.21. The van der Waals surface area contributed by atoms with Crippen LogP contribution in [0.1, 0.15) is 80.0 Å². The molecule has 0 atom stereocenters. The van der Waals surface area contributed by atoms with E-state index < -0.39 is 11.7 Å². The van der Waals surface area contributed by atoms with Gasteiger partial charge >= 0.3 is 0 Å². The number of thiazole rings is 2. The zero-order valence-corrected chi connectivity index (χ0v) is 30.7. The van der Waals surface area contributed by atoms with Crippen molar-refractivity contribution >= 4 is 67.9 Å². The highest BCUT2D eigenvalue weighted by molar-refractivity contribution is 7.14. The van der Waals surface area contributed by atoms with Gasteiger partial charge in [0.05, 0.1) is 17.9 Å². The third-order valence-corrected chi connectivity index (χ3v) is 8.88. The van der Waals surface area contributed by atoms with Gasteiger partial charge in [-0.25, -0.2) is 14.4 Å². The largest absolute Gasteiger partial charge is 0.489 e. The van der Waals surface area contributed by atoms with Crippen LogP contribution in [-0.4, -0.2) is 53.9 Å². The van der Waals surface area contributed by atoms with Crippen molar-refractivity contribution in [1.29, 1.82) is 0 Å². The number of nitrogens with one attached hydrogen (secondary N) is 4. The number of carbonyl (C=O) groups excluding carboxylic acids is 4. The Morgan fingerprint density at radius 2 is 1.51 bits per heavy atom. The lowest BCUT2D eigenvalue weighted by molar-refractivity contribution is -0.118. The number of halogens is 1. The number of methoxy groups -OCH3 is 1. The highest BCUT2D eigenvalue weighted by atomic mass is 32.1. The molecule has 0 spiro atoms. The lowest BCUT2D eigenvalue weighted by Gasteiger charge is -2.17. The maximum atomic E-state index is 14.1. The van der Waals surface area contributed by atoms with Crippen LogP contribution in [0.4, 0.5) is 26.0 Å². The summed E-state index contributed by atoms with van der Waals surface area (Å²) >= 11 is 2.59. The molecule has 4 N–H and O–H groups in total. The van der Waals surface area contributed by atoms with E-state index >= 15 is 0 Å². The van der Waals surface area contributed by atoms with Crippen molar-refractivity contribution in [2.45, 2.75) is 59.3 Å². The van der Waals surface area contributed by atoms with Crippen LogP contribution in [0.15, 0.2) is 59.6 Å². The summed E-state index contributed by atoms with van der Waals surface area (Å²) in [5.41, 5.74) is 1.05. The lowest BCUT2D eigenvalue weighted by atomic mass is 9.92. The maximum absolute atomic E-state index is 14.1. The van der Waals surface area contributed by atoms with Crippen LogP contribution in [0.2, 0.25) is 0 Å². The molecule has 1 aliphatic carbocycles. The van der Waals surface area contributed by atoms with Gasteiger partial charge in [0.1, 0.15) is 18.2 Å². The number of anilines is 4. The summed E-state index contributed by atoms with van der Waals surface area (Å²) in [7, 11) is 1.59. The number of hydrogen-bond donors (Lipinski definition) is 4. The van der Waals surface area contributed by atoms with Crippen LogP contribution in [-0.2, 0) is 14.3 Å². The van der Waals surface area contributed by atoms with E-state index in [4.69, 9.17) is 9.47 Å². The van der Waals surface area contributed by atoms with Gasteiger partial charge in [0.2, 0.25) is 11.8 Å². The molecule has 2 heterocycles. The second-order valence-electron chi connectivity index (χ2n) is 13.0. The quantitative estimate of drug-likeness (QED) is 0.101. The van der Waals surface area contributed by atoms with E-state index in [-0.39, 0.29) is 28.7 Å². The Morgan fingerprint density at radius 3 is 2.10 bits per heavy atom. The van der Waals surface area contributed by atoms with Gasteiger partial charge in [0, 0.05) is 54.4 Å². The van der Waals surface area contributed by atoms with Crippen LogP contribution in [0.3, 0.4) is 0 Å². The molecule has 0 unspecified atom stereocenters. The summed E-state index contributed by atoms with van der Waals surface area (Å²) in [5.74, 6) is -0.877. The molecule has 5 rings (SSSR count). The summed E-state index contributed by atoms with van der Waals surface area (Å²) in [6, 6.07) is 8.97. The minimum Gasteiger partial charge on any atom is -0.489 e. The molecule has 0 bridgehead atoms. The van der Waals surface area contributed by atoms with Crippen molar-refractivity contribution in [1.82, 2.24) is 9.97 Å². The summed E-state index contributed by atoms with van der Waals surface area (Å²) in [6.07, 6.45) is 8.64. The third-order valence-electron chi connectivity index (χ3n) is 7.51. The van der Waals surface area contributed by atoms with Crippen molar-refractivity contribution in [3.05, 3.63) is 76.5 Å². The van der Waals surface area contributed by atoms with Gasteiger partial charge in [-0.15, -0.1) is 22.7 Å². The third kappa shape index (κ3) is 13.2. The number of hydrogen-bond acceptors (Lipinski definition) is 10. The number of carbonyl (C=O) groups is 4.